The van der Waals surface area contributed by atoms with Gasteiger partial charge in [-0.2, -0.15) is 0 Å². The number of hydrogen-bond donors (Lipinski definition) is 0. The van der Waals surface area contributed by atoms with Gasteiger partial charge in [0, 0.05) is 23.7 Å². The fraction of sp³-hybridized carbons (Fsp3) is 0.478. The third kappa shape index (κ3) is 4.27. The van der Waals surface area contributed by atoms with E-state index < -0.39 is 0 Å². The molecule has 1 atom stereocenters. The number of fused-ring (bicyclic) bond motifs is 2. The van der Waals surface area contributed by atoms with Crippen LogP contribution in [0.2, 0.25) is 0 Å². The first-order chi connectivity index (χ1) is 13.2. The summed E-state index contributed by atoms with van der Waals surface area (Å²) in [7, 11) is 4.04. The Kier molecular flexibility index (Phi) is 5.94. The maximum atomic E-state index is 5.72. The predicted molar refractivity (Wildman–Crippen MR) is 113 cm³/mol. The van der Waals surface area contributed by atoms with Crippen LogP contribution in [0.15, 0.2) is 41.3 Å². The third-order valence-electron chi connectivity index (χ3n) is 5.73. The maximum Gasteiger partial charge on any atom is 0.132 e. The van der Waals surface area contributed by atoms with Crippen molar-refractivity contribution in [1.29, 1.82) is 0 Å². The molecule has 0 bridgehead atoms. The molecule has 3 nitrogen and oxygen atoms in total. The molecule has 1 unspecified atom stereocenters. The zero-order valence-electron chi connectivity index (χ0n) is 16.4. The molecule has 0 saturated heterocycles. The van der Waals surface area contributed by atoms with Gasteiger partial charge < -0.3 is 14.4 Å². The van der Waals surface area contributed by atoms with E-state index in [1.807, 2.05) is 11.8 Å². The van der Waals surface area contributed by atoms with Crippen LogP contribution in [0.1, 0.15) is 35.4 Å². The Hall–Kier alpha value is -1.65. The number of hydrogen-bond acceptors (Lipinski definition) is 4. The van der Waals surface area contributed by atoms with Gasteiger partial charge in [0.05, 0.1) is 13.7 Å². The zero-order valence-corrected chi connectivity index (χ0v) is 17.2. The molecule has 2 aromatic carbocycles. The zero-order chi connectivity index (χ0) is 18.6. The highest BCUT2D eigenvalue weighted by molar-refractivity contribution is 7.99. The van der Waals surface area contributed by atoms with Crippen LogP contribution < -0.4 is 9.47 Å². The van der Waals surface area contributed by atoms with Crippen molar-refractivity contribution >= 4 is 11.8 Å². The summed E-state index contributed by atoms with van der Waals surface area (Å²) < 4.78 is 11.3. The molecular formula is C23H29NO2S. The standard InChI is InChI=1S/C23H29NO2S/c1-24(12-11-17-9-10-22-23(15-17)27-14-13-26-22)16-18-5-3-7-20-19(18)6-4-8-21(20)25-2/h4,6,8-10,15,18H,3,5,7,11-14,16H2,1-2H3. The van der Waals surface area contributed by atoms with Crippen LogP contribution in [0.25, 0.3) is 0 Å². The molecule has 0 radical (unpaired) electrons. The summed E-state index contributed by atoms with van der Waals surface area (Å²) in [6.07, 6.45) is 4.77. The summed E-state index contributed by atoms with van der Waals surface area (Å²) in [5.74, 6) is 3.78. The summed E-state index contributed by atoms with van der Waals surface area (Å²) in [5, 5.41) is 0. The Balaban J connectivity index is 1.37. The number of methoxy groups -OCH3 is 1. The number of rotatable bonds is 6. The molecule has 0 saturated carbocycles. The normalized spacial score (nSPS) is 18.6. The van der Waals surface area contributed by atoms with Gasteiger partial charge in [0.1, 0.15) is 11.5 Å². The first-order valence-corrected chi connectivity index (χ1v) is 11.0. The maximum absolute atomic E-state index is 5.72. The van der Waals surface area contributed by atoms with Gasteiger partial charge in [-0.3, -0.25) is 0 Å². The fourth-order valence-electron chi connectivity index (χ4n) is 4.32. The van der Waals surface area contributed by atoms with Crippen molar-refractivity contribution in [3.63, 3.8) is 0 Å². The molecule has 0 aromatic heterocycles. The predicted octanol–water partition coefficient (Wildman–Crippen LogP) is 4.77. The minimum absolute atomic E-state index is 0.612. The van der Waals surface area contributed by atoms with Crippen LogP contribution in [0.3, 0.4) is 0 Å². The third-order valence-corrected chi connectivity index (χ3v) is 6.73. The van der Waals surface area contributed by atoms with Crippen molar-refractivity contribution in [3.05, 3.63) is 53.1 Å². The van der Waals surface area contributed by atoms with Crippen molar-refractivity contribution < 1.29 is 9.47 Å². The van der Waals surface area contributed by atoms with Gasteiger partial charge in [-0.25, -0.2) is 0 Å². The van der Waals surface area contributed by atoms with Crippen LogP contribution in [0, 0.1) is 0 Å². The number of benzene rings is 2. The molecule has 4 rings (SSSR count). The Morgan fingerprint density at radius 1 is 1.26 bits per heavy atom. The molecule has 0 fully saturated rings. The molecule has 0 spiro atoms. The van der Waals surface area contributed by atoms with Gasteiger partial charge in [0.2, 0.25) is 0 Å². The van der Waals surface area contributed by atoms with E-state index >= 15 is 0 Å². The van der Waals surface area contributed by atoms with Crippen LogP contribution in [-0.2, 0) is 12.8 Å². The summed E-state index contributed by atoms with van der Waals surface area (Å²) in [6.45, 7) is 3.02. The van der Waals surface area contributed by atoms with Crippen molar-refractivity contribution in [1.82, 2.24) is 4.90 Å². The van der Waals surface area contributed by atoms with E-state index in [-0.39, 0.29) is 0 Å². The molecule has 0 amide bonds. The second kappa shape index (κ2) is 8.57. The lowest BCUT2D eigenvalue weighted by molar-refractivity contribution is 0.299. The molecule has 2 aromatic rings. The summed E-state index contributed by atoms with van der Waals surface area (Å²) >= 11 is 1.91. The van der Waals surface area contributed by atoms with Crippen LogP contribution in [0.5, 0.6) is 11.5 Å². The number of likely N-dealkylation sites (N-methyl/N-ethyl adjacent to an activating group) is 1. The number of thioether (sulfide) groups is 1. The molecule has 2 aliphatic rings. The van der Waals surface area contributed by atoms with E-state index in [2.05, 4.69) is 48.3 Å². The highest BCUT2D eigenvalue weighted by atomic mass is 32.2. The smallest absolute Gasteiger partial charge is 0.132 e. The molecule has 0 N–H and O–H groups in total. The Morgan fingerprint density at radius 2 is 2.19 bits per heavy atom. The van der Waals surface area contributed by atoms with Crippen molar-refractivity contribution in [2.75, 3.05) is 39.6 Å². The quantitative estimate of drug-likeness (QED) is 0.716. The van der Waals surface area contributed by atoms with Gasteiger partial charge in [0.15, 0.2) is 0 Å². The minimum atomic E-state index is 0.612. The molecule has 4 heteroatoms. The Labute approximate surface area is 167 Å². The Morgan fingerprint density at radius 3 is 3.07 bits per heavy atom. The van der Waals surface area contributed by atoms with Gasteiger partial charge >= 0.3 is 0 Å². The van der Waals surface area contributed by atoms with Gasteiger partial charge in [-0.15, -0.1) is 11.8 Å². The van der Waals surface area contributed by atoms with Crippen LogP contribution in [0.4, 0.5) is 0 Å². The molecular weight excluding hydrogens is 354 g/mol. The minimum Gasteiger partial charge on any atom is -0.496 e. The average molecular weight is 384 g/mol. The van der Waals surface area contributed by atoms with Crippen LogP contribution in [-0.4, -0.2) is 44.5 Å². The fourth-order valence-corrected chi connectivity index (χ4v) is 5.22. The van der Waals surface area contributed by atoms with Gasteiger partial charge in [-0.1, -0.05) is 18.2 Å². The van der Waals surface area contributed by atoms with E-state index in [1.165, 1.54) is 34.4 Å². The topological polar surface area (TPSA) is 21.7 Å². The first kappa shape index (κ1) is 18.7. The first-order valence-electron chi connectivity index (χ1n) is 9.97. The van der Waals surface area contributed by atoms with E-state index in [1.54, 1.807) is 7.11 Å². The van der Waals surface area contributed by atoms with Gasteiger partial charge in [0.25, 0.3) is 0 Å². The van der Waals surface area contributed by atoms with E-state index in [0.717, 1.165) is 49.8 Å². The second-order valence-electron chi connectivity index (χ2n) is 7.61. The Bertz CT molecular complexity index is 792. The number of ether oxygens (including phenoxy) is 2. The van der Waals surface area contributed by atoms with Crippen molar-refractivity contribution in [2.45, 2.75) is 36.5 Å². The lowest BCUT2D eigenvalue weighted by Crippen LogP contribution is -2.28. The second-order valence-corrected chi connectivity index (χ2v) is 8.74. The highest BCUT2D eigenvalue weighted by Crippen LogP contribution is 2.37. The SMILES string of the molecule is COc1cccc2c1CCCC2CN(C)CCc1ccc2c(c1)SCCO2. The van der Waals surface area contributed by atoms with Crippen molar-refractivity contribution in [2.24, 2.45) is 0 Å². The van der Waals surface area contributed by atoms with Crippen LogP contribution >= 0.6 is 11.8 Å². The van der Waals surface area contributed by atoms with E-state index in [4.69, 9.17) is 9.47 Å². The monoisotopic (exact) mass is 383 g/mol. The molecule has 1 heterocycles. The highest BCUT2D eigenvalue weighted by Gasteiger charge is 2.23. The van der Waals surface area contributed by atoms with E-state index in [0.29, 0.717) is 5.92 Å². The molecule has 1 aliphatic heterocycles. The van der Waals surface area contributed by atoms with Crippen molar-refractivity contribution in [3.8, 4) is 11.5 Å². The average Bonchev–Trinajstić information content (AvgIpc) is 2.72. The molecule has 1 aliphatic carbocycles. The summed E-state index contributed by atoms with van der Waals surface area (Å²) in [6, 6.07) is 13.2. The largest absolute Gasteiger partial charge is 0.496 e. The summed E-state index contributed by atoms with van der Waals surface area (Å²) in [4.78, 5) is 3.79. The molecule has 27 heavy (non-hydrogen) atoms. The van der Waals surface area contributed by atoms with E-state index in [9.17, 15) is 0 Å². The number of nitrogens with zero attached hydrogens (tertiary/aromatic N) is 1. The van der Waals surface area contributed by atoms with Gasteiger partial charge in [-0.05, 0) is 73.5 Å². The lowest BCUT2D eigenvalue weighted by Gasteiger charge is -2.30. The lowest BCUT2D eigenvalue weighted by atomic mass is 9.82. The summed E-state index contributed by atoms with van der Waals surface area (Å²) in [5.41, 5.74) is 4.33. The molecule has 144 valence electrons.